The van der Waals surface area contributed by atoms with Crippen molar-refractivity contribution in [3.8, 4) is 11.5 Å². The highest BCUT2D eigenvalue weighted by atomic mass is 19.1. The highest BCUT2D eigenvalue weighted by Gasteiger charge is 2.28. The number of carbonyl (C=O) groups is 1. The lowest BCUT2D eigenvalue weighted by molar-refractivity contribution is 0.0698. The summed E-state index contributed by atoms with van der Waals surface area (Å²) in [6, 6.07) is 8.65. The van der Waals surface area contributed by atoms with E-state index in [2.05, 4.69) is 15.3 Å². The first-order valence-corrected chi connectivity index (χ1v) is 8.94. The predicted octanol–water partition coefficient (Wildman–Crippen LogP) is 1.99. The van der Waals surface area contributed by atoms with Crippen LogP contribution in [-0.4, -0.2) is 43.9 Å². The Bertz CT molecular complexity index is 1050. The number of rotatable bonds is 3. The maximum atomic E-state index is 13.0. The van der Waals surface area contributed by atoms with E-state index in [1.807, 2.05) is 0 Å². The molecule has 1 aliphatic rings. The van der Waals surface area contributed by atoms with E-state index in [0.29, 0.717) is 43.3 Å². The van der Waals surface area contributed by atoms with Gasteiger partial charge < -0.3 is 9.32 Å². The molecule has 0 aliphatic carbocycles. The fraction of sp³-hybridized carbons (Fsp3) is 0.316. The highest BCUT2D eigenvalue weighted by Crippen LogP contribution is 2.29. The Morgan fingerprint density at radius 2 is 1.82 bits per heavy atom. The number of carbonyl (C=O) groups excluding carboxylic acids is 1. The van der Waals surface area contributed by atoms with Crippen LogP contribution in [0.4, 0.5) is 4.39 Å². The number of amides is 1. The van der Waals surface area contributed by atoms with Crippen molar-refractivity contribution in [1.29, 1.82) is 0 Å². The van der Waals surface area contributed by atoms with Gasteiger partial charge in [0, 0.05) is 37.7 Å². The van der Waals surface area contributed by atoms with E-state index in [0.717, 1.165) is 4.68 Å². The van der Waals surface area contributed by atoms with Crippen molar-refractivity contribution in [2.45, 2.75) is 18.8 Å². The minimum Gasteiger partial charge on any atom is -0.420 e. The topological polar surface area (TPSA) is 94.1 Å². The third-order valence-electron chi connectivity index (χ3n) is 4.84. The van der Waals surface area contributed by atoms with Crippen LogP contribution in [0.2, 0.25) is 0 Å². The molecule has 1 fully saturated rings. The minimum atomic E-state index is -0.325. The summed E-state index contributed by atoms with van der Waals surface area (Å²) >= 11 is 0. The zero-order valence-corrected chi connectivity index (χ0v) is 15.2. The molecule has 1 aromatic carbocycles. The monoisotopic (exact) mass is 383 g/mol. The van der Waals surface area contributed by atoms with Crippen molar-refractivity contribution in [1.82, 2.24) is 24.9 Å². The van der Waals surface area contributed by atoms with Gasteiger partial charge in [0.05, 0.1) is 0 Å². The van der Waals surface area contributed by atoms with Crippen LogP contribution in [0.25, 0.3) is 11.5 Å². The summed E-state index contributed by atoms with van der Waals surface area (Å²) in [5.41, 5.74) is 0.647. The Labute approximate surface area is 159 Å². The summed E-state index contributed by atoms with van der Waals surface area (Å²) in [5, 5.41) is 12.2. The quantitative estimate of drug-likeness (QED) is 0.687. The van der Waals surface area contributed by atoms with Crippen molar-refractivity contribution in [3.63, 3.8) is 0 Å². The predicted molar refractivity (Wildman–Crippen MR) is 97.0 cm³/mol. The first-order valence-electron chi connectivity index (χ1n) is 8.94. The molecule has 0 spiro atoms. The number of aromatic nitrogens is 4. The van der Waals surface area contributed by atoms with E-state index >= 15 is 0 Å². The molecule has 9 heteroatoms. The van der Waals surface area contributed by atoms with Crippen LogP contribution >= 0.6 is 0 Å². The second-order valence-electron chi connectivity index (χ2n) is 6.70. The third-order valence-corrected chi connectivity index (χ3v) is 4.84. The zero-order chi connectivity index (χ0) is 19.7. The van der Waals surface area contributed by atoms with Gasteiger partial charge in [-0.15, -0.1) is 10.2 Å². The first-order chi connectivity index (χ1) is 13.5. The van der Waals surface area contributed by atoms with Crippen molar-refractivity contribution in [2.24, 2.45) is 7.05 Å². The SMILES string of the molecule is Cn1nc(C(=O)N2CCC(c3nnc(-c4ccc(F)cc4)o3)CC2)ccc1=O. The van der Waals surface area contributed by atoms with Crippen molar-refractivity contribution >= 4 is 5.91 Å². The molecule has 0 bridgehead atoms. The fourth-order valence-corrected chi connectivity index (χ4v) is 3.22. The van der Waals surface area contributed by atoms with Crippen LogP contribution in [0.1, 0.15) is 35.1 Å². The van der Waals surface area contributed by atoms with Crippen LogP contribution in [0.5, 0.6) is 0 Å². The molecule has 4 rings (SSSR count). The Kier molecular flexibility index (Phi) is 4.72. The van der Waals surface area contributed by atoms with Crippen LogP contribution < -0.4 is 5.56 Å². The molecule has 1 amide bonds. The van der Waals surface area contributed by atoms with Crippen LogP contribution in [0.15, 0.2) is 45.6 Å². The van der Waals surface area contributed by atoms with Crippen molar-refractivity contribution < 1.29 is 13.6 Å². The van der Waals surface area contributed by atoms with E-state index in [9.17, 15) is 14.0 Å². The Hall–Kier alpha value is -3.36. The lowest BCUT2D eigenvalue weighted by Crippen LogP contribution is -2.39. The number of halogens is 1. The molecular formula is C19H18FN5O3. The van der Waals surface area contributed by atoms with Crippen LogP contribution in [-0.2, 0) is 7.05 Å². The lowest BCUT2D eigenvalue weighted by atomic mass is 9.96. The summed E-state index contributed by atoms with van der Waals surface area (Å²) in [5.74, 6) is 0.397. The van der Waals surface area contributed by atoms with E-state index in [1.165, 1.54) is 31.3 Å². The number of nitrogens with zero attached hydrogens (tertiary/aromatic N) is 5. The molecule has 0 saturated carbocycles. The summed E-state index contributed by atoms with van der Waals surface area (Å²) in [4.78, 5) is 25.7. The summed E-state index contributed by atoms with van der Waals surface area (Å²) < 4.78 is 20.0. The number of hydrogen-bond donors (Lipinski definition) is 0. The maximum Gasteiger partial charge on any atom is 0.274 e. The van der Waals surface area contributed by atoms with Gasteiger partial charge in [-0.2, -0.15) is 5.10 Å². The molecule has 0 N–H and O–H groups in total. The Morgan fingerprint density at radius 3 is 2.50 bits per heavy atom. The second-order valence-corrected chi connectivity index (χ2v) is 6.70. The van der Waals surface area contributed by atoms with Crippen LogP contribution in [0.3, 0.4) is 0 Å². The molecule has 28 heavy (non-hydrogen) atoms. The van der Waals surface area contributed by atoms with E-state index in [1.54, 1.807) is 17.0 Å². The van der Waals surface area contributed by atoms with Gasteiger partial charge >= 0.3 is 0 Å². The molecule has 3 aromatic rings. The second kappa shape index (κ2) is 7.34. The van der Waals surface area contributed by atoms with Gasteiger partial charge in [-0.3, -0.25) is 9.59 Å². The zero-order valence-electron chi connectivity index (χ0n) is 15.2. The largest absolute Gasteiger partial charge is 0.420 e. The molecule has 3 heterocycles. The highest BCUT2D eigenvalue weighted by molar-refractivity contribution is 5.92. The number of benzene rings is 1. The van der Waals surface area contributed by atoms with Gasteiger partial charge in [0.2, 0.25) is 11.8 Å². The molecule has 0 atom stereocenters. The van der Waals surface area contributed by atoms with Gasteiger partial charge in [-0.1, -0.05) is 0 Å². The minimum absolute atomic E-state index is 0.0545. The third kappa shape index (κ3) is 3.55. The van der Waals surface area contributed by atoms with E-state index in [4.69, 9.17) is 4.42 Å². The standard InChI is InChI=1S/C19H18FN5O3/c1-24-16(26)7-6-15(23-24)19(27)25-10-8-13(9-11-25)18-22-21-17(28-18)12-2-4-14(20)5-3-12/h2-7,13H,8-11H2,1H3. The normalized spacial score (nSPS) is 15.0. The van der Waals surface area contributed by atoms with Gasteiger partial charge in [-0.05, 0) is 43.2 Å². The molecule has 8 nitrogen and oxygen atoms in total. The van der Waals surface area contributed by atoms with Gasteiger partial charge in [-0.25, -0.2) is 9.07 Å². The molecule has 2 aromatic heterocycles. The Balaban J connectivity index is 1.41. The smallest absolute Gasteiger partial charge is 0.274 e. The average molecular weight is 383 g/mol. The van der Waals surface area contributed by atoms with Gasteiger partial charge in [0.25, 0.3) is 11.5 Å². The Morgan fingerprint density at radius 1 is 1.11 bits per heavy atom. The van der Waals surface area contributed by atoms with Gasteiger partial charge in [0.1, 0.15) is 11.5 Å². The van der Waals surface area contributed by atoms with Gasteiger partial charge in [0.15, 0.2) is 0 Å². The average Bonchev–Trinajstić information content (AvgIpc) is 3.20. The number of aryl methyl sites for hydroxylation is 1. The summed E-state index contributed by atoms with van der Waals surface area (Å²) in [6.45, 7) is 1.06. The first kappa shape index (κ1) is 18.0. The maximum absolute atomic E-state index is 13.0. The van der Waals surface area contributed by atoms with Crippen molar-refractivity contribution in [2.75, 3.05) is 13.1 Å². The van der Waals surface area contributed by atoms with Crippen molar-refractivity contribution in [3.05, 3.63) is 64.2 Å². The summed E-state index contributed by atoms with van der Waals surface area (Å²) in [7, 11) is 1.51. The molecule has 0 unspecified atom stereocenters. The molecule has 0 radical (unpaired) electrons. The molecule has 144 valence electrons. The lowest BCUT2D eigenvalue weighted by Gasteiger charge is -2.30. The summed E-state index contributed by atoms with van der Waals surface area (Å²) in [6.07, 6.45) is 1.37. The fourth-order valence-electron chi connectivity index (χ4n) is 3.22. The van der Waals surface area contributed by atoms with E-state index < -0.39 is 0 Å². The van der Waals surface area contributed by atoms with Crippen LogP contribution in [0, 0.1) is 5.82 Å². The van der Waals surface area contributed by atoms with E-state index in [-0.39, 0.29) is 28.9 Å². The number of piperidine rings is 1. The molecular weight excluding hydrogens is 365 g/mol. The molecule has 1 aliphatic heterocycles. The molecule has 1 saturated heterocycles. The number of likely N-dealkylation sites (tertiary alicyclic amines) is 1. The number of hydrogen-bond acceptors (Lipinski definition) is 6.